The normalized spacial score (nSPS) is 11.6. The summed E-state index contributed by atoms with van der Waals surface area (Å²) < 4.78 is 32.5. The van der Waals surface area contributed by atoms with E-state index in [4.69, 9.17) is 10.5 Å². The molecule has 0 aliphatic carbocycles. The first-order valence-corrected chi connectivity index (χ1v) is 6.34. The number of benzene rings is 1. The molecule has 0 fully saturated rings. The second kappa shape index (κ2) is 7.75. The summed E-state index contributed by atoms with van der Waals surface area (Å²) in [5.74, 6) is 3.73. The van der Waals surface area contributed by atoms with Gasteiger partial charge in [0.25, 0.3) is 0 Å². The second-order valence-electron chi connectivity index (χ2n) is 4.29. The van der Waals surface area contributed by atoms with Gasteiger partial charge in [-0.1, -0.05) is 6.92 Å². The van der Waals surface area contributed by atoms with Crippen LogP contribution in [0.4, 0.5) is 8.78 Å². The molecule has 0 spiro atoms. The van der Waals surface area contributed by atoms with Crippen LogP contribution in [0.1, 0.15) is 32.3 Å². The minimum absolute atomic E-state index is 0.0922. The molecule has 0 aliphatic heterocycles. The van der Waals surface area contributed by atoms with Crippen LogP contribution in [0.2, 0.25) is 0 Å². The van der Waals surface area contributed by atoms with Gasteiger partial charge in [0.15, 0.2) is 17.4 Å². The quantitative estimate of drug-likeness (QED) is 0.635. The van der Waals surface area contributed by atoms with Crippen LogP contribution in [0.15, 0.2) is 12.1 Å². The molecular formula is C15H19F2NO. The molecule has 19 heavy (non-hydrogen) atoms. The van der Waals surface area contributed by atoms with E-state index in [0.717, 1.165) is 6.42 Å². The van der Waals surface area contributed by atoms with E-state index in [1.54, 1.807) is 6.92 Å². The zero-order valence-corrected chi connectivity index (χ0v) is 11.3. The van der Waals surface area contributed by atoms with Gasteiger partial charge in [0.2, 0.25) is 0 Å². The Balaban J connectivity index is 2.75. The Labute approximate surface area is 112 Å². The van der Waals surface area contributed by atoms with E-state index < -0.39 is 11.6 Å². The van der Waals surface area contributed by atoms with Crippen LogP contribution < -0.4 is 10.5 Å². The van der Waals surface area contributed by atoms with Gasteiger partial charge in [0.1, 0.15) is 0 Å². The van der Waals surface area contributed by atoms with Gasteiger partial charge in [-0.15, -0.1) is 11.8 Å². The van der Waals surface area contributed by atoms with Crippen molar-refractivity contribution in [3.63, 3.8) is 0 Å². The molecule has 0 radical (unpaired) electrons. The maximum atomic E-state index is 13.7. The summed E-state index contributed by atoms with van der Waals surface area (Å²) in [5.41, 5.74) is 6.31. The van der Waals surface area contributed by atoms with Gasteiger partial charge in [-0.2, -0.15) is 0 Å². The Morgan fingerprint density at radius 3 is 2.47 bits per heavy atom. The third-order valence-electron chi connectivity index (χ3n) is 2.73. The highest BCUT2D eigenvalue weighted by Crippen LogP contribution is 2.24. The van der Waals surface area contributed by atoms with E-state index in [9.17, 15) is 8.78 Å². The number of halogens is 2. The standard InChI is InChI=1S/C15H19F2NO/c1-3-5-6-7-19-15-13(16)9-11(10-14(15)17)8-12(18)4-2/h9-10,12H,4,6-8,18H2,1-2H3. The molecule has 4 heteroatoms. The van der Waals surface area contributed by atoms with E-state index in [2.05, 4.69) is 11.8 Å². The van der Waals surface area contributed by atoms with E-state index in [0.29, 0.717) is 18.4 Å². The smallest absolute Gasteiger partial charge is 0.190 e. The van der Waals surface area contributed by atoms with Crippen molar-refractivity contribution in [2.75, 3.05) is 6.61 Å². The van der Waals surface area contributed by atoms with Gasteiger partial charge in [-0.05, 0) is 37.5 Å². The Bertz CT molecular complexity index is 454. The lowest BCUT2D eigenvalue weighted by atomic mass is 10.0. The molecule has 0 amide bonds. The fourth-order valence-electron chi connectivity index (χ4n) is 1.64. The van der Waals surface area contributed by atoms with E-state index in [1.807, 2.05) is 6.92 Å². The minimum atomic E-state index is -0.692. The van der Waals surface area contributed by atoms with Crippen LogP contribution in [0.3, 0.4) is 0 Å². The number of hydrogen-bond acceptors (Lipinski definition) is 2. The molecule has 1 unspecified atom stereocenters. The van der Waals surface area contributed by atoms with Crippen LogP contribution in [0.25, 0.3) is 0 Å². The van der Waals surface area contributed by atoms with Crippen molar-refractivity contribution in [3.8, 4) is 17.6 Å². The highest BCUT2D eigenvalue weighted by atomic mass is 19.1. The maximum absolute atomic E-state index is 13.7. The van der Waals surface area contributed by atoms with Gasteiger partial charge >= 0.3 is 0 Å². The van der Waals surface area contributed by atoms with Crippen molar-refractivity contribution in [3.05, 3.63) is 29.3 Å². The van der Waals surface area contributed by atoms with Crippen LogP contribution in [-0.2, 0) is 6.42 Å². The first kappa shape index (κ1) is 15.5. The number of nitrogens with two attached hydrogens (primary N) is 1. The average molecular weight is 267 g/mol. The Kier molecular flexibility index (Phi) is 6.31. The van der Waals surface area contributed by atoms with Crippen molar-refractivity contribution in [2.24, 2.45) is 5.73 Å². The fourth-order valence-corrected chi connectivity index (χ4v) is 1.64. The minimum Gasteiger partial charge on any atom is -0.487 e. The third kappa shape index (κ3) is 4.88. The number of rotatable bonds is 6. The Morgan fingerprint density at radius 1 is 1.32 bits per heavy atom. The molecule has 1 aromatic carbocycles. The monoisotopic (exact) mass is 267 g/mol. The molecule has 1 atom stereocenters. The molecule has 0 aromatic heterocycles. The summed E-state index contributed by atoms with van der Waals surface area (Å²) >= 11 is 0. The Morgan fingerprint density at radius 2 is 1.95 bits per heavy atom. The van der Waals surface area contributed by atoms with Crippen molar-refractivity contribution >= 4 is 0 Å². The summed E-state index contributed by atoms with van der Waals surface area (Å²) in [7, 11) is 0. The third-order valence-corrected chi connectivity index (χ3v) is 2.73. The van der Waals surface area contributed by atoms with Gasteiger partial charge < -0.3 is 10.5 Å². The lowest BCUT2D eigenvalue weighted by Gasteiger charge is -2.12. The highest BCUT2D eigenvalue weighted by Gasteiger charge is 2.13. The molecular weight excluding hydrogens is 248 g/mol. The summed E-state index contributed by atoms with van der Waals surface area (Å²) in [6, 6.07) is 2.46. The maximum Gasteiger partial charge on any atom is 0.190 e. The molecule has 1 aromatic rings. The molecule has 104 valence electrons. The molecule has 0 aliphatic rings. The fraction of sp³-hybridized carbons (Fsp3) is 0.467. The summed E-state index contributed by atoms with van der Waals surface area (Å²) in [6.45, 7) is 3.80. The van der Waals surface area contributed by atoms with E-state index in [1.165, 1.54) is 12.1 Å². The number of hydrogen-bond donors (Lipinski definition) is 1. The van der Waals surface area contributed by atoms with Crippen molar-refractivity contribution in [2.45, 2.75) is 39.2 Å². The van der Waals surface area contributed by atoms with Crippen molar-refractivity contribution < 1.29 is 13.5 Å². The van der Waals surface area contributed by atoms with Crippen LogP contribution >= 0.6 is 0 Å². The molecule has 2 N–H and O–H groups in total. The second-order valence-corrected chi connectivity index (χ2v) is 4.29. The summed E-state index contributed by atoms with van der Waals surface area (Å²) in [4.78, 5) is 0. The topological polar surface area (TPSA) is 35.2 Å². The largest absolute Gasteiger partial charge is 0.487 e. The van der Waals surface area contributed by atoms with Crippen LogP contribution in [0.5, 0.6) is 5.75 Å². The number of ether oxygens (including phenoxy) is 1. The summed E-state index contributed by atoms with van der Waals surface area (Å²) in [6.07, 6.45) is 1.65. The van der Waals surface area contributed by atoms with Crippen LogP contribution in [-0.4, -0.2) is 12.6 Å². The lowest BCUT2D eigenvalue weighted by molar-refractivity contribution is 0.292. The molecule has 2 nitrogen and oxygen atoms in total. The summed E-state index contributed by atoms with van der Waals surface area (Å²) in [5, 5.41) is 0. The molecule has 0 saturated heterocycles. The molecule has 0 heterocycles. The first-order chi connectivity index (χ1) is 9.08. The predicted octanol–water partition coefficient (Wildman–Crippen LogP) is 3.04. The zero-order valence-electron chi connectivity index (χ0n) is 11.3. The van der Waals surface area contributed by atoms with Crippen molar-refractivity contribution in [1.82, 2.24) is 0 Å². The predicted molar refractivity (Wildman–Crippen MR) is 71.9 cm³/mol. The zero-order chi connectivity index (χ0) is 14.3. The van der Waals surface area contributed by atoms with E-state index >= 15 is 0 Å². The highest BCUT2D eigenvalue weighted by molar-refractivity contribution is 5.31. The lowest BCUT2D eigenvalue weighted by Crippen LogP contribution is -2.21. The Hall–Kier alpha value is -1.60. The van der Waals surface area contributed by atoms with Crippen LogP contribution in [0, 0.1) is 23.5 Å². The van der Waals surface area contributed by atoms with E-state index in [-0.39, 0.29) is 18.4 Å². The average Bonchev–Trinajstić information content (AvgIpc) is 2.37. The molecule has 0 saturated carbocycles. The first-order valence-electron chi connectivity index (χ1n) is 6.34. The SMILES string of the molecule is CC#CCCOc1c(F)cc(CC(N)CC)cc1F. The van der Waals surface area contributed by atoms with Crippen molar-refractivity contribution in [1.29, 1.82) is 0 Å². The van der Waals surface area contributed by atoms with Gasteiger partial charge in [0, 0.05) is 12.5 Å². The van der Waals surface area contributed by atoms with Gasteiger partial charge in [-0.3, -0.25) is 0 Å². The van der Waals surface area contributed by atoms with Gasteiger partial charge in [0.05, 0.1) is 6.61 Å². The molecule has 0 bridgehead atoms. The van der Waals surface area contributed by atoms with Gasteiger partial charge in [-0.25, -0.2) is 8.78 Å². The molecule has 1 rings (SSSR count).